The Kier molecular flexibility index (Phi) is 4.03. The number of hydrogen-bond acceptors (Lipinski definition) is 2. The summed E-state index contributed by atoms with van der Waals surface area (Å²) in [5.41, 5.74) is 2.43. The van der Waals surface area contributed by atoms with Gasteiger partial charge in [-0.15, -0.1) is 0 Å². The molecule has 0 atom stereocenters. The first kappa shape index (κ1) is 15.3. The largest absolute Gasteiger partial charge is 0.295 e. The second-order valence-electron chi connectivity index (χ2n) is 6.46. The molecule has 4 rings (SSSR count). The fourth-order valence-corrected chi connectivity index (χ4v) is 3.98. The molecule has 0 N–H and O–H groups in total. The Balaban J connectivity index is 1.93. The Morgan fingerprint density at radius 2 is 1.62 bits per heavy atom. The third-order valence-corrected chi connectivity index (χ3v) is 5.10. The summed E-state index contributed by atoms with van der Waals surface area (Å²) in [6, 6.07) is 23.4. The maximum atomic E-state index is 5.00. The SMILES string of the molecule is CC(C)Cc1nc(Sc2ccccc2)c2ccc3ccccc3n12. The zero-order valence-corrected chi connectivity index (χ0v) is 14.8. The van der Waals surface area contributed by atoms with Crippen molar-refractivity contribution < 1.29 is 0 Å². The Morgan fingerprint density at radius 1 is 0.875 bits per heavy atom. The fourth-order valence-electron chi connectivity index (χ4n) is 3.05. The highest BCUT2D eigenvalue weighted by molar-refractivity contribution is 7.99. The number of benzene rings is 2. The van der Waals surface area contributed by atoms with Gasteiger partial charge in [0.25, 0.3) is 0 Å². The van der Waals surface area contributed by atoms with Gasteiger partial charge in [-0.1, -0.05) is 68.1 Å². The maximum Gasteiger partial charge on any atom is 0.127 e. The summed E-state index contributed by atoms with van der Waals surface area (Å²) in [7, 11) is 0. The van der Waals surface area contributed by atoms with E-state index in [2.05, 4.69) is 78.9 Å². The molecule has 0 aliphatic carbocycles. The van der Waals surface area contributed by atoms with E-state index in [1.165, 1.54) is 21.3 Å². The highest BCUT2D eigenvalue weighted by Gasteiger charge is 2.15. The Morgan fingerprint density at radius 3 is 2.42 bits per heavy atom. The van der Waals surface area contributed by atoms with Gasteiger partial charge in [0.2, 0.25) is 0 Å². The van der Waals surface area contributed by atoms with Gasteiger partial charge < -0.3 is 0 Å². The zero-order valence-electron chi connectivity index (χ0n) is 13.9. The van der Waals surface area contributed by atoms with E-state index < -0.39 is 0 Å². The molecule has 120 valence electrons. The van der Waals surface area contributed by atoms with Crippen LogP contribution in [-0.2, 0) is 6.42 Å². The fraction of sp³-hybridized carbons (Fsp3) is 0.190. The molecule has 2 aromatic carbocycles. The van der Waals surface area contributed by atoms with E-state index in [4.69, 9.17) is 4.98 Å². The van der Waals surface area contributed by atoms with Crippen molar-refractivity contribution in [1.82, 2.24) is 9.38 Å². The van der Waals surface area contributed by atoms with Crippen LogP contribution in [0.15, 0.2) is 76.7 Å². The average molecular weight is 332 g/mol. The molecule has 0 saturated heterocycles. The number of nitrogens with zero attached hydrogens (tertiary/aromatic N) is 2. The summed E-state index contributed by atoms with van der Waals surface area (Å²) in [5.74, 6) is 1.72. The maximum absolute atomic E-state index is 5.00. The van der Waals surface area contributed by atoms with Crippen molar-refractivity contribution in [1.29, 1.82) is 0 Å². The van der Waals surface area contributed by atoms with Gasteiger partial charge in [0.1, 0.15) is 10.9 Å². The van der Waals surface area contributed by atoms with Crippen LogP contribution in [-0.4, -0.2) is 9.38 Å². The minimum absolute atomic E-state index is 0.573. The Hall–Kier alpha value is -2.26. The molecule has 0 bridgehead atoms. The van der Waals surface area contributed by atoms with E-state index in [1.54, 1.807) is 11.8 Å². The van der Waals surface area contributed by atoms with Crippen LogP contribution in [0.3, 0.4) is 0 Å². The molecular formula is C21H20N2S. The van der Waals surface area contributed by atoms with Crippen molar-refractivity contribution in [2.75, 3.05) is 0 Å². The number of para-hydroxylation sites is 1. The Labute approximate surface area is 146 Å². The quantitative estimate of drug-likeness (QED) is 0.467. The van der Waals surface area contributed by atoms with Crippen LogP contribution in [0.1, 0.15) is 19.7 Å². The molecule has 0 unspecified atom stereocenters. The predicted octanol–water partition coefficient (Wildman–Crippen LogP) is 5.84. The Bertz CT molecular complexity index is 987. The minimum Gasteiger partial charge on any atom is -0.295 e. The number of hydrogen-bond donors (Lipinski definition) is 0. The van der Waals surface area contributed by atoms with Crippen LogP contribution in [0.5, 0.6) is 0 Å². The summed E-state index contributed by atoms with van der Waals surface area (Å²) in [4.78, 5) is 6.22. The highest BCUT2D eigenvalue weighted by atomic mass is 32.2. The van der Waals surface area contributed by atoms with Gasteiger partial charge in [-0.3, -0.25) is 4.40 Å². The standard InChI is InChI=1S/C21H20N2S/c1-15(2)14-20-22-21(24-17-9-4-3-5-10-17)19-13-12-16-8-6-7-11-18(16)23(19)20/h3-13,15H,14H2,1-2H3. The monoisotopic (exact) mass is 332 g/mol. The number of rotatable bonds is 4. The van der Waals surface area contributed by atoms with Gasteiger partial charge in [-0.2, -0.15) is 0 Å². The van der Waals surface area contributed by atoms with Crippen molar-refractivity contribution in [3.8, 4) is 0 Å². The molecule has 0 fully saturated rings. The first-order valence-electron chi connectivity index (χ1n) is 8.34. The lowest BCUT2D eigenvalue weighted by Gasteiger charge is -2.07. The molecule has 2 aromatic heterocycles. The van der Waals surface area contributed by atoms with E-state index in [-0.39, 0.29) is 0 Å². The van der Waals surface area contributed by atoms with E-state index in [9.17, 15) is 0 Å². The van der Waals surface area contributed by atoms with E-state index in [1.807, 2.05) is 6.07 Å². The zero-order chi connectivity index (χ0) is 16.5. The first-order chi connectivity index (χ1) is 11.7. The van der Waals surface area contributed by atoms with Crippen molar-refractivity contribution in [2.24, 2.45) is 5.92 Å². The third kappa shape index (κ3) is 2.80. The number of aromatic nitrogens is 2. The number of pyridine rings is 1. The molecule has 0 saturated carbocycles. The molecule has 24 heavy (non-hydrogen) atoms. The average Bonchev–Trinajstić information content (AvgIpc) is 2.93. The second kappa shape index (κ2) is 6.33. The van der Waals surface area contributed by atoms with E-state index in [0.717, 1.165) is 17.3 Å². The van der Waals surface area contributed by atoms with Gasteiger partial charge in [0, 0.05) is 11.3 Å². The molecule has 0 radical (unpaired) electrons. The molecular weight excluding hydrogens is 312 g/mol. The summed E-state index contributed by atoms with van der Waals surface area (Å²) >= 11 is 1.74. The van der Waals surface area contributed by atoms with Gasteiger partial charge in [0.15, 0.2) is 0 Å². The second-order valence-corrected chi connectivity index (χ2v) is 7.52. The molecule has 4 aromatic rings. The molecule has 0 amide bonds. The van der Waals surface area contributed by atoms with Gasteiger partial charge in [-0.05, 0) is 35.6 Å². The summed E-state index contributed by atoms with van der Waals surface area (Å²) in [6.45, 7) is 4.49. The van der Waals surface area contributed by atoms with Crippen molar-refractivity contribution in [3.05, 3.63) is 72.6 Å². The highest BCUT2D eigenvalue weighted by Crippen LogP contribution is 2.33. The topological polar surface area (TPSA) is 17.3 Å². The molecule has 3 heteroatoms. The van der Waals surface area contributed by atoms with Gasteiger partial charge in [0.05, 0.1) is 11.0 Å². The third-order valence-electron chi connectivity index (χ3n) is 4.10. The first-order valence-corrected chi connectivity index (χ1v) is 9.16. The van der Waals surface area contributed by atoms with Gasteiger partial charge in [-0.25, -0.2) is 4.98 Å². The van der Waals surface area contributed by atoms with Crippen LogP contribution in [0, 0.1) is 5.92 Å². The smallest absolute Gasteiger partial charge is 0.127 e. The van der Waals surface area contributed by atoms with Crippen molar-refractivity contribution >= 4 is 28.2 Å². The molecule has 0 aliphatic rings. The molecule has 0 spiro atoms. The van der Waals surface area contributed by atoms with Crippen LogP contribution >= 0.6 is 11.8 Å². The van der Waals surface area contributed by atoms with Gasteiger partial charge >= 0.3 is 0 Å². The van der Waals surface area contributed by atoms with Crippen LogP contribution in [0.4, 0.5) is 0 Å². The van der Waals surface area contributed by atoms with Crippen molar-refractivity contribution in [3.63, 3.8) is 0 Å². The number of imidazole rings is 1. The normalized spacial score (nSPS) is 11.6. The molecule has 0 aliphatic heterocycles. The molecule has 2 heterocycles. The molecule has 2 nitrogen and oxygen atoms in total. The summed E-state index contributed by atoms with van der Waals surface area (Å²) in [6.07, 6.45) is 0.977. The van der Waals surface area contributed by atoms with Crippen LogP contribution in [0.2, 0.25) is 0 Å². The lowest BCUT2D eigenvalue weighted by atomic mass is 10.1. The van der Waals surface area contributed by atoms with Crippen molar-refractivity contribution in [2.45, 2.75) is 30.2 Å². The predicted molar refractivity (Wildman–Crippen MR) is 102 cm³/mol. The lowest BCUT2D eigenvalue weighted by molar-refractivity contribution is 0.619. The minimum atomic E-state index is 0.573. The van der Waals surface area contributed by atoms with E-state index in [0.29, 0.717) is 5.92 Å². The van der Waals surface area contributed by atoms with Crippen LogP contribution in [0.25, 0.3) is 16.4 Å². The summed E-state index contributed by atoms with van der Waals surface area (Å²) < 4.78 is 2.33. The lowest BCUT2D eigenvalue weighted by Crippen LogP contribution is -2.01. The van der Waals surface area contributed by atoms with Crippen LogP contribution < -0.4 is 0 Å². The summed E-state index contributed by atoms with van der Waals surface area (Å²) in [5, 5.41) is 2.34. The number of fused-ring (bicyclic) bond motifs is 3. The van der Waals surface area contributed by atoms with E-state index >= 15 is 0 Å².